The van der Waals surface area contributed by atoms with Gasteiger partial charge in [-0.25, -0.2) is 4.39 Å². The summed E-state index contributed by atoms with van der Waals surface area (Å²) in [6.45, 7) is 7.52. The highest BCUT2D eigenvalue weighted by molar-refractivity contribution is 5.78. The molecule has 0 aliphatic rings. The number of nitrogens with one attached hydrogen (secondary N) is 2. The van der Waals surface area contributed by atoms with Crippen LogP contribution in [0.2, 0.25) is 0 Å². The quantitative estimate of drug-likeness (QED) is 0.768. The van der Waals surface area contributed by atoms with Crippen LogP contribution in [-0.2, 0) is 11.2 Å². The second-order valence-electron chi connectivity index (χ2n) is 5.27. The van der Waals surface area contributed by atoms with E-state index in [1.165, 1.54) is 12.1 Å². The number of hydrogen-bond donors (Lipinski definition) is 2. The average Bonchev–Trinajstić information content (AvgIpc) is 2.42. The lowest BCUT2D eigenvalue weighted by molar-refractivity contribution is -0.124. The van der Waals surface area contributed by atoms with Crippen LogP contribution in [-0.4, -0.2) is 25.0 Å². The Morgan fingerprint density at radius 2 is 2.10 bits per heavy atom. The van der Waals surface area contributed by atoms with Gasteiger partial charge < -0.3 is 10.6 Å². The molecule has 1 rings (SSSR count). The minimum Gasteiger partial charge on any atom is -0.354 e. The Morgan fingerprint density at radius 1 is 1.35 bits per heavy atom. The highest BCUT2D eigenvalue weighted by Crippen LogP contribution is 2.11. The second kappa shape index (κ2) is 8.69. The molecule has 20 heavy (non-hydrogen) atoms. The summed E-state index contributed by atoms with van der Waals surface area (Å²) in [6, 6.07) is 6.83. The van der Waals surface area contributed by atoms with Gasteiger partial charge in [0.1, 0.15) is 5.82 Å². The van der Waals surface area contributed by atoms with E-state index < -0.39 is 0 Å². The van der Waals surface area contributed by atoms with Crippen LogP contribution < -0.4 is 10.6 Å². The van der Waals surface area contributed by atoms with Crippen molar-refractivity contribution in [3.8, 4) is 0 Å². The number of carbonyl (C=O) groups is 1. The summed E-state index contributed by atoms with van der Waals surface area (Å²) in [4.78, 5) is 11.9. The standard InChI is InChI=1S/C16H25FN2O/c1-4-18-13(3)11-19-16(20)12(2)8-9-14-6-5-7-15(17)10-14/h5-7,10,12-13,18H,4,8-9,11H2,1-3H3,(H,19,20)/t12?,13-/m1/s1. The van der Waals surface area contributed by atoms with Crippen LogP contribution in [0.3, 0.4) is 0 Å². The lowest BCUT2D eigenvalue weighted by atomic mass is 10.0. The largest absolute Gasteiger partial charge is 0.354 e. The molecule has 0 spiro atoms. The van der Waals surface area contributed by atoms with E-state index in [0.717, 1.165) is 24.9 Å². The maximum Gasteiger partial charge on any atom is 0.222 e. The number of aryl methyl sites for hydroxylation is 1. The normalized spacial score (nSPS) is 13.8. The molecule has 0 aromatic heterocycles. The predicted octanol–water partition coefficient (Wildman–Crippen LogP) is 2.51. The minimum absolute atomic E-state index is 0.0613. The van der Waals surface area contributed by atoms with Gasteiger partial charge in [-0.15, -0.1) is 0 Å². The van der Waals surface area contributed by atoms with Gasteiger partial charge in [0, 0.05) is 18.5 Å². The third-order valence-corrected chi connectivity index (χ3v) is 3.34. The van der Waals surface area contributed by atoms with E-state index >= 15 is 0 Å². The molecule has 0 heterocycles. The van der Waals surface area contributed by atoms with E-state index in [9.17, 15) is 9.18 Å². The van der Waals surface area contributed by atoms with Gasteiger partial charge >= 0.3 is 0 Å². The highest BCUT2D eigenvalue weighted by atomic mass is 19.1. The fourth-order valence-corrected chi connectivity index (χ4v) is 2.06. The van der Waals surface area contributed by atoms with E-state index in [1.54, 1.807) is 6.07 Å². The van der Waals surface area contributed by atoms with Crippen molar-refractivity contribution in [1.82, 2.24) is 10.6 Å². The average molecular weight is 280 g/mol. The van der Waals surface area contributed by atoms with Crippen LogP contribution in [0.1, 0.15) is 32.8 Å². The molecule has 0 saturated heterocycles. The molecule has 1 amide bonds. The summed E-state index contributed by atoms with van der Waals surface area (Å²) in [5.74, 6) is -0.225. The van der Waals surface area contributed by atoms with Gasteiger partial charge in [0.05, 0.1) is 0 Å². The number of amides is 1. The van der Waals surface area contributed by atoms with Crippen molar-refractivity contribution >= 4 is 5.91 Å². The topological polar surface area (TPSA) is 41.1 Å². The number of benzene rings is 1. The molecule has 2 N–H and O–H groups in total. The van der Waals surface area contributed by atoms with Crippen molar-refractivity contribution in [2.45, 2.75) is 39.7 Å². The smallest absolute Gasteiger partial charge is 0.222 e. The van der Waals surface area contributed by atoms with Crippen LogP contribution >= 0.6 is 0 Å². The van der Waals surface area contributed by atoms with Crippen LogP contribution in [0.4, 0.5) is 4.39 Å². The van der Waals surface area contributed by atoms with Crippen molar-refractivity contribution in [2.75, 3.05) is 13.1 Å². The fraction of sp³-hybridized carbons (Fsp3) is 0.562. The molecule has 112 valence electrons. The fourth-order valence-electron chi connectivity index (χ4n) is 2.06. The summed E-state index contributed by atoms with van der Waals surface area (Å²) >= 11 is 0. The van der Waals surface area contributed by atoms with Crippen LogP contribution in [0.15, 0.2) is 24.3 Å². The molecule has 0 aliphatic carbocycles. The molecule has 0 fully saturated rings. The molecule has 0 aliphatic heterocycles. The maximum atomic E-state index is 13.0. The van der Waals surface area contributed by atoms with Crippen molar-refractivity contribution in [3.05, 3.63) is 35.6 Å². The first-order chi connectivity index (χ1) is 9.52. The maximum absolute atomic E-state index is 13.0. The van der Waals surface area contributed by atoms with Gasteiger partial charge in [-0.05, 0) is 44.0 Å². The molecular formula is C16H25FN2O. The van der Waals surface area contributed by atoms with E-state index in [-0.39, 0.29) is 23.7 Å². The summed E-state index contributed by atoms with van der Waals surface area (Å²) in [5.41, 5.74) is 0.936. The van der Waals surface area contributed by atoms with Crippen molar-refractivity contribution in [2.24, 2.45) is 5.92 Å². The molecule has 1 unspecified atom stereocenters. The van der Waals surface area contributed by atoms with E-state index in [4.69, 9.17) is 0 Å². The van der Waals surface area contributed by atoms with Gasteiger partial charge in [0.15, 0.2) is 0 Å². The Labute approximate surface area is 121 Å². The number of likely N-dealkylation sites (N-methyl/N-ethyl adjacent to an activating group) is 1. The predicted molar refractivity (Wildman–Crippen MR) is 80.0 cm³/mol. The molecular weight excluding hydrogens is 255 g/mol. The van der Waals surface area contributed by atoms with Crippen LogP contribution in [0.5, 0.6) is 0 Å². The van der Waals surface area contributed by atoms with Crippen LogP contribution in [0, 0.1) is 11.7 Å². The second-order valence-corrected chi connectivity index (χ2v) is 5.27. The number of halogens is 1. The zero-order chi connectivity index (χ0) is 15.0. The zero-order valence-electron chi connectivity index (χ0n) is 12.6. The van der Waals surface area contributed by atoms with E-state index in [1.807, 2.05) is 26.8 Å². The Bertz CT molecular complexity index is 423. The Morgan fingerprint density at radius 3 is 2.75 bits per heavy atom. The Kier molecular flexibility index (Phi) is 7.23. The van der Waals surface area contributed by atoms with Crippen molar-refractivity contribution in [1.29, 1.82) is 0 Å². The third kappa shape index (κ3) is 6.15. The van der Waals surface area contributed by atoms with E-state index in [2.05, 4.69) is 10.6 Å². The van der Waals surface area contributed by atoms with Crippen molar-refractivity contribution in [3.63, 3.8) is 0 Å². The summed E-state index contributed by atoms with van der Waals surface area (Å²) in [6.07, 6.45) is 1.44. The molecule has 4 heteroatoms. The summed E-state index contributed by atoms with van der Waals surface area (Å²) in [7, 11) is 0. The first kappa shape index (κ1) is 16.6. The van der Waals surface area contributed by atoms with Gasteiger partial charge in [-0.1, -0.05) is 26.0 Å². The molecule has 3 nitrogen and oxygen atoms in total. The van der Waals surface area contributed by atoms with Gasteiger partial charge in [-0.2, -0.15) is 0 Å². The van der Waals surface area contributed by atoms with Crippen LogP contribution in [0.25, 0.3) is 0 Å². The molecule has 0 radical (unpaired) electrons. The van der Waals surface area contributed by atoms with Crippen molar-refractivity contribution < 1.29 is 9.18 Å². The van der Waals surface area contributed by atoms with Gasteiger partial charge in [0.2, 0.25) is 5.91 Å². The van der Waals surface area contributed by atoms with Gasteiger partial charge in [-0.3, -0.25) is 4.79 Å². The monoisotopic (exact) mass is 280 g/mol. The van der Waals surface area contributed by atoms with Gasteiger partial charge in [0.25, 0.3) is 0 Å². The Hall–Kier alpha value is -1.42. The third-order valence-electron chi connectivity index (χ3n) is 3.34. The molecule has 2 atom stereocenters. The number of hydrogen-bond acceptors (Lipinski definition) is 2. The first-order valence-corrected chi connectivity index (χ1v) is 7.28. The molecule has 1 aromatic carbocycles. The lowest BCUT2D eigenvalue weighted by Crippen LogP contribution is -2.40. The zero-order valence-corrected chi connectivity index (χ0v) is 12.6. The van der Waals surface area contributed by atoms with E-state index in [0.29, 0.717) is 6.54 Å². The summed E-state index contributed by atoms with van der Waals surface area (Å²) < 4.78 is 13.0. The lowest BCUT2D eigenvalue weighted by Gasteiger charge is -2.16. The minimum atomic E-state index is -0.223. The Balaban J connectivity index is 2.31. The molecule has 1 aromatic rings. The molecule has 0 saturated carbocycles. The SMILES string of the molecule is CCN[C@H](C)CNC(=O)C(C)CCc1cccc(F)c1. The summed E-state index contributed by atoms with van der Waals surface area (Å²) in [5, 5.41) is 6.19. The highest BCUT2D eigenvalue weighted by Gasteiger charge is 2.13. The molecule has 0 bridgehead atoms. The first-order valence-electron chi connectivity index (χ1n) is 7.28. The number of rotatable bonds is 8. The number of carbonyl (C=O) groups excluding carboxylic acids is 1.